The Bertz CT molecular complexity index is 741. The van der Waals surface area contributed by atoms with E-state index >= 15 is 0 Å². The molecule has 3 rings (SSSR count). The Kier molecular flexibility index (Phi) is 5.31. The molecule has 0 aliphatic carbocycles. The number of carbonyl (C=O) groups is 1. The number of carbonyl (C=O) groups excluding carboxylic acids is 1. The highest BCUT2D eigenvalue weighted by molar-refractivity contribution is 7.89. The third-order valence-electron chi connectivity index (χ3n) is 4.65. The van der Waals surface area contributed by atoms with E-state index < -0.39 is 22.2 Å². The number of nitrogens with one attached hydrogen (secondary N) is 1. The zero-order valence-electron chi connectivity index (χ0n) is 14.3. The molecule has 8 heteroatoms. The van der Waals surface area contributed by atoms with Crippen LogP contribution >= 0.6 is 0 Å². The number of benzene rings is 1. The highest BCUT2D eigenvalue weighted by atomic mass is 32.2. The Labute approximate surface area is 148 Å². The number of ether oxygens (including phenoxy) is 1. The van der Waals surface area contributed by atoms with Gasteiger partial charge in [-0.1, -0.05) is 13.3 Å². The minimum absolute atomic E-state index is 0.124. The Balaban J connectivity index is 1.80. The summed E-state index contributed by atoms with van der Waals surface area (Å²) in [5, 5.41) is 12.3. The van der Waals surface area contributed by atoms with Crippen LogP contribution in [0.2, 0.25) is 0 Å². The predicted octanol–water partition coefficient (Wildman–Crippen LogP) is 1.72. The summed E-state index contributed by atoms with van der Waals surface area (Å²) in [6, 6.07) is 4.55. The van der Waals surface area contributed by atoms with Crippen LogP contribution in [-0.2, 0) is 14.8 Å². The smallest absolute Gasteiger partial charge is 0.265 e. The largest absolute Gasteiger partial charge is 0.478 e. The van der Waals surface area contributed by atoms with Gasteiger partial charge in [-0.15, -0.1) is 0 Å². The van der Waals surface area contributed by atoms with Gasteiger partial charge in [0.15, 0.2) is 6.10 Å². The van der Waals surface area contributed by atoms with E-state index in [0.717, 1.165) is 12.8 Å². The Morgan fingerprint density at radius 2 is 2.04 bits per heavy atom. The molecule has 0 radical (unpaired) electrons. The van der Waals surface area contributed by atoms with Crippen molar-refractivity contribution in [1.29, 1.82) is 0 Å². The highest BCUT2D eigenvalue weighted by Crippen LogP contribution is 2.34. The molecule has 2 heterocycles. The van der Waals surface area contributed by atoms with Gasteiger partial charge in [0, 0.05) is 13.1 Å². The first kappa shape index (κ1) is 18.2. The van der Waals surface area contributed by atoms with Crippen LogP contribution in [0.25, 0.3) is 0 Å². The molecule has 1 saturated heterocycles. The van der Waals surface area contributed by atoms with Crippen molar-refractivity contribution in [1.82, 2.24) is 4.31 Å². The summed E-state index contributed by atoms with van der Waals surface area (Å²) in [7, 11) is -3.65. The molecule has 2 aliphatic heterocycles. The number of piperidine rings is 1. The van der Waals surface area contributed by atoms with E-state index in [4.69, 9.17) is 4.74 Å². The minimum Gasteiger partial charge on any atom is -0.478 e. The van der Waals surface area contributed by atoms with Crippen LogP contribution in [0.5, 0.6) is 5.75 Å². The van der Waals surface area contributed by atoms with Gasteiger partial charge >= 0.3 is 0 Å². The van der Waals surface area contributed by atoms with Crippen molar-refractivity contribution in [2.24, 2.45) is 0 Å². The first-order valence-electron chi connectivity index (χ1n) is 8.71. The SMILES string of the molecule is CCCC[C@H]1Oc2ccc(S(=O)(=O)N3CCC(O)CC3)cc2NC1=O. The van der Waals surface area contributed by atoms with Gasteiger partial charge in [-0.3, -0.25) is 4.79 Å². The molecule has 25 heavy (non-hydrogen) atoms. The molecular formula is C17H24N2O5S. The molecule has 138 valence electrons. The second-order valence-electron chi connectivity index (χ2n) is 6.53. The van der Waals surface area contributed by atoms with E-state index in [-0.39, 0.29) is 10.8 Å². The zero-order valence-corrected chi connectivity index (χ0v) is 15.1. The van der Waals surface area contributed by atoms with Gasteiger partial charge in [0.2, 0.25) is 10.0 Å². The standard InChI is InChI=1S/C17H24N2O5S/c1-2-3-4-16-17(21)18-14-11-13(5-6-15(14)24-16)25(22,23)19-9-7-12(20)8-10-19/h5-6,11-12,16,20H,2-4,7-10H2,1H3,(H,18,21)/t16-/m1/s1. The summed E-state index contributed by atoms with van der Waals surface area (Å²) < 4.78 is 32.6. The third kappa shape index (κ3) is 3.80. The molecule has 2 N–H and O–H groups in total. The average molecular weight is 368 g/mol. The molecule has 1 atom stereocenters. The van der Waals surface area contributed by atoms with Crippen LogP contribution in [0.3, 0.4) is 0 Å². The molecule has 0 aromatic heterocycles. The number of anilines is 1. The van der Waals surface area contributed by atoms with Gasteiger partial charge in [0.25, 0.3) is 5.91 Å². The molecule has 0 bridgehead atoms. The lowest BCUT2D eigenvalue weighted by Crippen LogP contribution is -2.40. The fraction of sp³-hybridized carbons (Fsp3) is 0.588. The summed E-state index contributed by atoms with van der Waals surface area (Å²) in [5.74, 6) is 0.255. The number of nitrogens with zero attached hydrogens (tertiary/aromatic N) is 1. The second kappa shape index (κ2) is 7.31. The summed E-state index contributed by atoms with van der Waals surface area (Å²) in [5.41, 5.74) is 0.385. The maximum Gasteiger partial charge on any atom is 0.265 e. The van der Waals surface area contributed by atoms with Crippen molar-refractivity contribution in [3.63, 3.8) is 0 Å². The molecule has 1 fully saturated rings. The fourth-order valence-corrected chi connectivity index (χ4v) is 4.60. The molecule has 2 aliphatic rings. The quantitative estimate of drug-likeness (QED) is 0.825. The first-order chi connectivity index (χ1) is 11.9. The molecular weight excluding hydrogens is 344 g/mol. The number of hydrogen-bond acceptors (Lipinski definition) is 5. The van der Waals surface area contributed by atoms with Crippen molar-refractivity contribution in [2.75, 3.05) is 18.4 Å². The molecule has 1 amide bonds. The van der Waals surface area contributed by atoms with E-state index in [0.29, 0.717) is 43.8 Å². The molecule has 1 aromatic carbocycles. The Morgan fingerprint density at radius 3 is 2.72 bits per heavy atom. The van der Waals surface area contributed by atoms with Crippen molar-refractivity contribution < 1.29 is 23.1 Å². The molecule has 7 nitrogen and oxygen atoms in total. The summed E-state index contributed by atoms with van der Waals surface area (Å²) in [6.45, 7) is 2.64. The lowest BCUT2D eigenvalue weighted by atomic mass is 10.1. The average Bonchev–Trinajstić information content (AvgIpc) is 2.59. The Hall–Kier alpha value is -1.64. The van der Waals surface area contributed by atoms with Crippen LogP contribution in [0.15, 0.2) is 23.1 Å². The van der Waals surface area contributed by atoms with Crippen molar-refractivity contribution >= 4 is 21.6 Å². The monoisotopic (exact) mass is 368 g/mol. The van der Waals surface area contributed by atoms with Gasteiger partial charge < -0.3 is 15.2 Å². The second-order valence-corrected chi connectivity index (χ2v) is 8.47. The van der Waals surface area contributed by atoms with E-state index in [1.165, 1.54) is 16.4 Å². The number of amides is 1. The van der Waals surface area contributed by atoms with Crippen LogP contribution in [0.1, 0.15) is 39.0 Å². The van der Waals surface area contributed by atoms with Crippen LogP contribution in [0.4, 0.5) is 5.69 Å². The van der Waals surface area contributed by atoms with E-state index in [1.807, 2.05) is 6.92 Å². The number of unbranched alkanes of at least 4 members (excludes halogenated alkanes) is 1. The normalized spacial score (nSPS) is 22.2. The summed E-state index contributed by atoms with van der Waals surface area (Å²) >= 11 is 0. The maximum atomic E-state index is 12.8. The Morgan fingerprint density at radius 1 is 1.32 bits per heavy atom. The topological polar surface area (TPSA) is 95.9 Å². The number of aliphatic hydroxyl groups is 1. The summed E-state index contributed by atoms with van der Waals surface area (Å²) in [6.07, 6.45) is 2.40. The van der Waals surface area contributed by atoms with Crippen molar-refractivity contribution in [2.45, 2.75) is 56.1 Å². The lowest BCUT2D eigenvalue weighted by Gasteiger charge is -2.30. The van der Waals surface area contributed by atoms with Gasteiger partial charge in [-0.2, -0.15) is 4.31 Å². The molecule has 0 saturated carbocycles. The number of rotatable bonds is 5. The van der Waals surface area contributed by atoms with E-state index in [2.05, 4.69) is 5.32 Å². The molecule has 0 spiro atoms. The van der Waals surface area contributed by atoms with E-state index in [1.54, 1.807) is 6.07 Å². The van der Waals surface area contributed by atoms with E-state index in [9.17, 15) is 18.3 Å². The van der Waals surface area contributed by atoms with Gasteiger partial charge in [-0.05, 0) is 43.9 Å². The zero-order chi connectivity index (χ0) is 18.0. The fourth-order valence-electron chi connectivity index (χ4n) is 3.10. The number of hydrogen-bond donors (Lipinski definition) is 2. The first-order valence-corrected chi connectivity index (χ1v) is 10.2. The molecule has 1 aromatic rings. The van der Waals surface area contributed by atoms with Gasteiger partial charge in [-0.25, -0.2) is 8.42 Å². The summed E-state index contributed by atoms with van der Waals surface area (Å²) in [4.78, 5) is 12.3. The van der Waals surface area contributed by atoms with Crippen LogP contribution in [-0.4, -0.2) is 49.0 Å². The number of fused-ring (bicyclic) bond motifs is 1. The third-order valence-corrected chi connectivity index (χ3v) is 6.55. The molecule has 0 unspecified atom stereocenters. The van der Waals surface area contributed by atoms with Gasteiger partial charge in [0.1, 0.15) is 5.75 Å². The van der Waals surface area contributed by atoms with Gasteiger partial charge in [0.05, 0.1) is 16.7 Å². The maximum absolute atomic E-state index is 12.8. The predicted molar refractivity (Wildman–Crippen MR) is 93.0 cm³/mol. The van der Waals surface area contributed by atoms with Crippen LogP contribution in [0, 0.1) is 0 Å². The number of sulfonamides is 1. The lowest BCUT2D eigenvalue weighted by molar-refractivity contribution is -0.123. The minimum atomic E-state index is -3.65. The number of aliphatic hydroxyl groups excluding tert-OH is 1. The highest BCUT2D eigenvalue weighted by Gasteiger charge is 2.32. The van der Waals surface area contributed by atoms with Crippen LogP contribution < -0.4 is 10.1 Å². The van der Waals surface area contributed by atoms with Crippen molar-refractivity contribution in [3.05, 3.63) is 18.2 Å². The van der Waals surface area contributed by atoms with Crippen molar-refractivity contribution in [3.8, 4) is 5.75 Å².